The molecule has 2 heterocycles. The average molecular weight is 232 g/mol. The summed E-state index contributed by atoms with van der Waals surface area (Å²) in [6.07, 6.45) is 0. The first kappa shape index (κ1) is 11.2. The molecule has 0 saturated carbocycles. The Labute approximate surface area is 102 Å². The van der Waals surface area contributed by atoms with Crippen LogP contribution in [0, 0.1) is 11.8 Å². The molecule has 3 nitrogen and oxygen atoms in total. The quantitative estimate of drug-likeness (QED) is 0.810. The number of benzene rings is 1. The van der Waals surface area contributed by atoms with Gasteiger partial charge in [-0.05, 0) is 36.1 Å². The van der Waals surface area contributed by atoms with E-state index in [-0.39, 0.29) is 6.61 Å². The van der Waals surface area contributed by atoms with Gasteiger partial charge in [-0.1, -0.05) is 24.3 Å². The van der Waals surface area contributed by atoms with Gasteiger partial charge in [0.2, 0.25) is 0 Å². The molecular weight excluding hydrogens is 212 g/mol. The van der Waals surface area contributed by atoms with Crippen LogP contribution in [0.1, 0.15) is 11.1 Å². The Kier molecular flexibility index (Phi) is 3.14. The van der Waals surface area contributed by atoms with Gasteiger partial charge in [-0.3, -0.25) is 4.90 Å². The van der Waals surface area contributed by atoms with E-state index in [1.165, 1.54) is 31.7 Å². The van der Waals surface area contributed by atoms with Crippen molar-refractivity contribution < 1.29 is 5.11 Å². The van der Waals surface area contributed by atoms with Gasteiger partial charge < -0.3 is 10.4 Å². The highest BCUT2D eigenvalue weighted by molar-refractivity contribution is 5.22. The second-order valence-electron chi connectivity index (χ2n) is 5.35. The first-order valence-corrected chi connectivity index (χ1v) is 6.47. The van der Waals surface area contributed by atoms with Crippen LogP contribution >= 0.6 is 0 Å². The van der Waals surface area contributed by atoms with Crippen LogP contribution in [0.5, 0.6) is 0 Å². The first-order valence-electron chi connectivity index (χ1n) is 6.47. The zero-order valence-corrected chi connectivity index (χ0v) is 10.1. The lowest BCUT2D eigenvalue weighted by Crippen LogP contribution is -2.25. The van der Waals surface area contributed by atoms with Crippen molar-refractivity contribution in [2.24, 2.45) is 11.8 Å². The van der Waals surface area contributed by atoms with Crippen molar-refractivity contribution in [3.05, 3.63) is 35.4 Å². The molecule has 2 aliphatic heterocycles. The van der Waals surface area contributed by atoms with Crippen LogP contribution in [-0.2, 0) is 13.2 Å². The number of hydrogen-bond acceptors (Lipinski definition) is 3. The van der Waals surface area contributed by atoms with Gasteiger partial charge in [-0.25, -0.2) is 0 Å². The molecule has 0 bridgehead atoms. The molecule has 0 amide bonds. The lowest BCUT2D eigenvalue weighted by Gasteiger charge is -2.17. The van der Waals surface area contributed by atoms with E-state index in [0.717, 1.165) is 23.9 Å². The van der Waals surface area contributed by atoms with Gasteiger partial charge in [-0.2, -0.15) is 0 Å². The Morgan fingerprint density at radius 2 is 1.65 bits per heavy atom. The number of likely N-dealkylation sites (tertiary alicyclic amines) is 1. The second kappa shape index (κ2) is 4.77. The highest BCUT2D eigenvalue weighted by atomic mass is 16.3. The largest absolute Gasteiger partial charge is 0.392 e. The molecule has 0 spiro atoms. The molecule has 1 aromatic carbocycles. The Morgan fingerprint density at radius 3 is 2.24 bits per heavy atom. The number of aliphatic hydroxyl groups is 1. The molecule has 0 radical (unpaired) electrons. The Balaban J connectivity index is 1.59. The fraction of sp³-hybridized carbons (Fsp3) is 0.571. The molecule has 2 unspecified atom stereocenters. The minimum Gasteiger partial charge on any atom is -0.392 e. The van der Waals surface area contributed by atoms with Gasteiger partial charge in [0.25, 0.3) is 0 Å². The minimum absolute atomic E-state index is 0.139. The van der Waals surface area contributed by atoms with Gasteiger partial charge in [0.15, 0.2) is 0 Å². The first-order chi connectivity index (χ1) is 8.35. The van der Waals surface area contributed by atoms with E-state index in [4.69, 9.17) is 5.11 Å². The fourth-order valence-corrected chi connectivity index (χ4v) is 3.09. The summed E-state index contributed by atoms with van der Waals surface area (Å²) in [5.41, 5.74) is 2.35. The van der Waals surface area contributed by atoms with Crippen LogP contribution in [-0.4, -0.2) is 36.2 Å². The maximum Gasteiger partial charge on any atom is 0.0681 e. The molecule has 1 aromatic rings. The highest BCUT2D eigenvalue weighted by Gasteiger charge is 2.35. The van der Waals surface area contributed by atoms with E-state index in [2.05, 4.69) is 22.3 Å². The van der Waals surface area contributed by atoms with Crippen molar-refractivity contribution in [2.75, 3.05) is 26.2 Å². The predicted octanol–water partition coefficient (Wildman–Crippen LogP) is 0.830. The molecule has 2 atom stereocenters. The molecule has 17 heavy (non-hydrogen) atoms. The van der Waals surface area contributed by atoms with E-state index < -0.39 is 0 Å². The van der Waals surface area contributed by atoms with Crippen LogP contribution in [0.3, 0.4) is 0 Å². The summed E-state index contributed by atoms with van der Waals surface area (Å²) in [5.74, 6) is 1.73. The Morgan fingerprint density at radius 1 is 1.06 bits per heavy atom. The third kappa shape index (κ3) is 2.37. The van der Waals surface area contributed by atoms with Crippen LogP contribution < -0.4 is 5.32 Å². The summed E-state index contributed by atoms with van der Waals surface area (Å²) in [4.78, 5) is 2.56. The maximum absolute atomic E-state index is 9.00. The number of aliphatic hydroxyl groups excluding tert-OH is 1. The predicted molar refractivity (Wildman–Crippen MR) is 67.5 cm³/mol. The van der Waals surface area contributed by atoms with Crippen molar-refractivity contribution in [2.45, 2.75) is 13.2 Å². The summed E-state index contributed by atoms with van der Waals surface area (Å²) in [7, 11) is 0. The summed E-state index contributed by atoms with van der Waals surface area (Å²) >= 11 is 0. The summed E-state index contributed by atoms with van der Waals surface area (Å²) in [6.45, 7) is 6.06. The second-order valence-corrected chi connectivity index (χ2v) is 5.35. The highest BCUT2D eigenvalue weighted by Crippen LogP contribution is 2.27. The molecule has 3 rings (SSSR count). The summed E-state index contributed by atoms with van der Waals surface area (Å²) in [5, 5.41) is 12.5. The maximum atomic E-state index is 9.00. The molecule has 92 valence electrons. The van der Waals surface area contributed by atoms with Gasteiger partial charge >= 0.3 is 0 Å². The third-order valence-corrected chi connectivity index (χ3v) is 4.08. The van der Waals surface area contributed by atoms with Crippen molar-refractivity contribution >= 4 is 0 Å². The number of nitrogens with zero attached hydrogens (tertiary/aromatic N) is 1. The van der Waals surface area contributed by atoms with E-state index in [1.54, 1.807) is 0 Å². The smallest absolute Gasteiger partial charge is 0.0681 e. The third-order valence-electron chi connectivity index (χ3n) is 4.08. The molecule has 2 saturated heterocycles. The zero-order chi connectivity index (χ0) is 11.7. The average Bonchev–Trinajstić information content (AvgIpc) is 2.90. The Bertz CT molecular complexity index is 364. The minimum atomic E-state index is 0.139. The van der Waals surface area contributed by atoms with Gasteiger partial charge in [0, 0.05) is 19.6 Å². The number of hydrogen-bond donors (Lipinski definition) is 2. The molecule has 0 aliphatic carbocycles. The SMILES string of the molecule is OCc1ccc(CN2CC3CNCC3C2)cc1. The van der Waals surface area contributed by atoms with E-state index in [1.807, 2.05) is 12.1 Å². The molecule has 2 fully saturated rings. The van der Waals surface area contributed by atoms with E-state index in [0.29, 0.717) is 0 Å². The molecule has 3 heteroatoms. The number of rotatable bonds is 3. The van der Waals surface area contributed by atoms with Gasteiger partial charge in [0.05, 0.1) is 6.61 Å². The fourth-order valence-electron chi connectivity index (χ4n) is 3.09. The molecular formula is C14H20N2O. The van der Waals surface area contributed by atoms with E-state index in [9.17, 15) is 0 Å². The van der Waals surface area contributed by atoms with Crippen molar-refractivity contribution in [3.8, 4) is 0 Å². The van der Waals surface area contributed by atoms with Crippen LogP contribution in [0.25, 0.3) is 0 Å². The standard InChI is InChI=1S/C14H20N2O/c17-10-12-3-1-11(2-4-12)7-16-8-13-5-15-6-14(13)9-16/h1-4,13-15,17H,5-10H2. The summed E-state index contributed by atoms with van der Waals surface area (Å²) in [6, 6.07) is 8.32. The number of fused-ring (bicyclic) bond motifs is 1. The van der Waals surface area contributed by atoms with Crippen molar-refractivity contribution in [3.63, 3.8) is 0 Å². The Hall–Kier alpha value is -0.900. The van der Waals surface area contributed by atoms with Gasteiger partial charge in [0.1, 0.15) is 0 Å². The van der Waals surface area contributed by atoms with E-state index >= 15 is 0 Å². The van der Waals surface area contributed by atoms with Crippen LogP contribution in [0.15, 0.2) is 24.3 Å². The molecule has 0 aromatic heterocycles. The molecule has 2 N–H and O–H groups in total. The zero-order valence-electron chi connectivity index (χ0n) is 10.1. The van der Waals surface area contributed by atoms with Gasteiger partial charge in [-0.15, -0.1) is 0 Å². The molecule has 2 aliphatic rings. The van der Waals surface area contributed by atoms with Crippen molar-refractivity contribution in [1.29, 1.82) is 0 Å². The van der Waals surface area contributed by atoms with Crippen LogP contribution in [0.4, 0.5) is 0 Å². The monoisotopic (exact) mass is 232 g/mol. The number of nitrogens with one attached hydrogen (secondary N) is 1. The normalized spacial score (nSPS) is 28.5. The van der Waals surface area contributed by atoms with Crippen LogP contribution in [0.2, 0.25) is 0 Å². The summed E-state index contributed by atoms with van der Waals surface area (Å²) < 4.78 is 0. The van der Waals surface area contributed by atoms with Crippen molar-refractivity contribution in [1.82, 2.24) is 10.2 Å². The topological polar surface area (TPSA) is 35.5 Å². The lowest BCUT2D eigenvalue weighted by molar-refractivity contribution is 0.281. The lowest BCUT2D eigenvalue weighted by atomic mass is 10.0.